The van der Waals surface area contributed by atoms with Crippen molar-refractivity contribution in [3.05, 3.63) is 47.0 Å². The van der Waals surface area contributed by atoms with Crippen LogP contribution >= 0.6 is 23.1 Å². The number of hydrogen-bond acceptors (Lipinski definition) is 7. The second-order valence-electron chi connectivity index (χ2n) is 5.98. The quantitative estimate of drug-likeness (QED) is 0.577. The Labute approximate surface area is 172 Å². The summed E-state index contributed by atoms with van der Waals surface area (Å²) in [7, 11) is 0. The van der Waals surface area contributed by atoms with E-state index in [1.165, 1.54) is 6.07 Å². The normalized spacial score (nSPS) is 11.9. The van der Waals surface area contributed by atoms with Crippen molar-refractivity contribution in [2.24, 2.45) is 0 Å². The molecule has 3 aromatic rings. The largest absolute Gasteiger partial charge is 0.360 e. The first-order valence-electron chi connectivity index (χ1n) is 8.38. The first kappa shape index (κ1) is 20.9. The Morgan fingerprint density at radius 3 is 2.72 bits per heavy atom. The molecule has 0 fully saturated rings. The van der Waals surface area contributed by atoms with Crippen molar-refractivity contribution in [3.8, 4) is 11.3 Å². The summed E-state index contributed by atoms with van der Waals surface area (Å²) < 4.78 is 31.3. The third kappa shape index (κ3) is 5.61. The van der Waals surface area contributed by atoms with Crippen LogP contribution < -0.4 is 10.6 Å². The molecule has 152 valence electrons. The smallest absolute Gasteiger partial charge is 0.238 e. The fraction of sp³-hybridized carbons (Fsp3) is 0.222. The lowest BCUT2D eigenvalue weighted by Gasteiger charge is -2.09. The van der Waals surface area contributed by atoms with Crippen LogP contribution in [0.15, 0.2) is 34.2 Å². The summed E-state index contributed by atoms with van der Waals surface area (Å²) in [4.78, 5) is 28.4. The molecule has 0 aliphatic heterocycles. The van der Waals surface area contributed by atoms with Gasteiger partial charge in [-0.05, 0) is 32.0 Å². The van der Waals surface area contributed by atoms with Crippen LogP contribution in [0.3, 0.4) is 0 Å². The molecule has 2 heterocycles. The summed E-state index contributed by atoms with van der Waals surface area (Å²) in [6.45, 7) is 3.38. The van der Waals surface area contributed by atoms with Crippen LogP contribution in [0.5, 0.6) is 0 Å². The van der Waals surface area contributed by atoms with E-state index in [1.807, 2.05) is 0 Å². The molecular formula is C18H16F2N4O3S2. The number of nitrogens with one attached hydrogen (secondary N) is 2. The van der Waals surface area contributed by atoms with Crippen LogP contribution in [-0.2, 0) is 9.59 Å². The maximum atomic E-state index is 13.3. The summed E-state index contributed by atoms with van der Waals surface area (Å²) in [6.07, 6.45) is 0. The van der Waals surface area contributed by atoms with Gasteiger partial charge in [0.1, 0.15) is 5.76 Å². The molecule has 1 unspecified atom stereocenters. The molecule has 2 amide bonds. The highest BCUT2D eigenvalue weighted by atomic mass is 32.2. The number of amides is 2. The number of thiazole rings is 1. The Kier molecular flexibility index (Phi) is 6.60. The van der Waals surface area contributed by atoms with Crippen LogP contribution in [0, 0.1) is 18.6 Å². The Morgan fingerprint density at radius 2 is 2.03 bits per heavy atom. The van der Waals surface area contributed by atoms with E-state index in [0.29, 0.717) is 28.0 Å². The summed E-state index contributed by atoms with van der Waals surface area (Å²) in [6, 6.07) is 5.06. The molecule has 29 heavy (non-hydrogen) atoms. The van der Waals surface area contributed by atoms with Gasteiger partial charge < -0.3 is 15.2 Å². The maximum absolute atomic E-state index is 13.3. The molecule has 1 atom stereocenters. The van der Waals surface area contributed by atoms with Gasteiger partial charge in [0.2, 0.25) is 11.8 Å². The highest BCUT2D eigenvalue weighted by Gasteiger charge is 2.17. The number of nitrogens with zero attached hydrogens (tertiary/aromatic N) is 2. The number of anilines is 2. The van der Waals surface area contributed by atoms with Gasteiger partial charge in [-0.3, -0.25) is 9.59 Å². The monoisotopic (exact) mass is 438 g/mol. The molecular weight excluding hydrogens is 422 g/mol. The number of carbonyl (C=O) groups excluding carboxylic acids is 2. The van der Waals surface area contributed by atoms with Crippen molar-refractivity contribution in [2.45, 2.75) is 19.1 Å². The zero-order chi connectivity index (χ0) is 21.0. The van der Waals surface area contributed by atoms with Crippen LogP contribution in [0.4, 0.5) is 19.7 Å². The van der Waals surface area contributed by atoms with Crippen molar-refractivity contribution in [1.82, 2.24) is 10.1 Å². The zero-order valence-electron chi connectivity index (χ0n) is 15.4. The highest BCUT2D eigenvalue weighted by Crippen LogP contribution is 2.26. The first-order chi connectivity index (χ1) is 13.8. The lowest BCUT2D eigenvalue weighted by molar-refractivity contribution is -0.115. The van der Waals surface area contributed by atoms with Crippen molar-refractivity contribution in [3.63, 3.8) is 0 Å². The minimum atomic E-state index is -0.967. The minimum absolute atomic E-state index is 0.0342. The Bertz CT molecular complexity index is 1040. The van der Waals surface area contributed by atoms with E-state index in [0.717, 1.165) is 35.2 Å². The van der Waals surface area contributed by atoms with E-state index in [2.05, 4.69) is 20.8 Å². The second-order valence-corrected chi connectivity index (χ2v) is 8.17. The van der Waals surface area contributed by atoms with Gasteiger partial charge in [-0.2, -0.15) is 0 Å². The summed E-state index contributed by atoms with van der Waals surface area (Å²) in [5.41, 5.74) is 0.830. The van der Waals surface area contributed by atoms with E-state index < -0.39 is 16.9 Å². The van der Waals surface area contributed by atoms with Crippen molar-refractivity contribution in [2.75, 3.05) is 16.4 Å². The Balaban J connectivity index is 1.50. The van der Waals surface area contributed by atoms with Crippen molar-refractivity contribution in [1.29, 1.82) is 0 Å². The highest BCUT2D eigenvalue weighted by molar-refractivity contribution is 8.01. The lowest BCUT2D eigenvalue weighted by Crippen LogP contribution is -2.25. The SMILES string of the molecule is Cc1cc(NC(=O)C(C)SCC(=O)Nc2nc(-c3ccc(F)c(F)c3)cs2)no1. The van der Waals surface area contributed by atoms with Gasteiger partial charge in [0.15, 0.2) is 22.6 Å². The fourth-order valence-electron chi connectivity index (χ4n) is 2.20. The average molecular weight is 438 g/mol. The van der Waals surface area contributed by atoms with Gasteiger partial charge in [0.05, 0.1) is 16.7 Å². The number of aromatic nitrogens is 2. The van der Waals surface area contributed by atoms with Gasteiger partial charge in [-0.1, -0.05) is 5.16 Å². The maximum Gasteiger partial charge on any atom is 0.238 e. The van der Waals surface area contributed by atoms with E-state index in [4.69, 9.17) is 4.52 Å². The second kappa shape index (κ2) is 9.14. The van der Waals surface area contributed by atoms with Crippen LogP contribution in [0.25, 0.3) is 11.3 Å². The average Bonchev–Trinajstić information content (AvgIpc) is 3.31. The van der Waals surface area contributed by atoms with E-state index >= 15 is 0 Å². The molecule has 2 aromatic heterocycles. The number of thioether (sulfide) groups is 1. The number of rotatable bonds is 7. The predicted molar refractivity (Wildman–Crippen MR) is 108 cm³/mol. The third-order valence-corrected chi connectivity index (χ3v) is 5.58. The summed E-state index contributed by atoms with van der Waals surface area (Å²) in [5.74, 6) is -1.61. The Morgan fingerprint density at radius 1 is 1.24 bits per heavy atom. The van der Waals surface area contributed by atoms with E-state index in [9.17, 15) is 18.4 Å². The molecule has 0 saturated heterocycles. The number of benzene rings is 1. The van der Waals surface area contributed by atoms with Gasteiger partial charge in [-0.25, -0.2) is 13.8 Å². The predicted octanol–water partition coefficient (Wildman–Crippen LogP) is 4.08. The van der Waals surface area contributed by atoms with Gasteiger partial charge >= 0.3 is 0 Å². The molecule has 7 nitrogen and oxygen atoms in total. The van der Waals surface area contributed by atoms with E-state index in [-0.39, 0.29) is 17.6 Å². The summed E-state index contributed by atoms with van der Waals surface area (Å²) >= 11 is 2.31. The topological polar surface area (TPSA) is 97.1 Å². The molecule has 0 aliphatic carbocycles. The first-order valence-corrected chi connectivity index (χ1v) is 10.3. The zero-order valence-corrected chi connectivity index (χ0v) is 17.0. The van der Waals surface area contributed by atoms with Crippen LogP contribution in [0.2, 0.25) is 0 Å². The molecule has 11 heteroatoms. The van der Waals surface area contributed by atoms with Crippen molar-refractivity contribution >= 4 is 45.9 Å². The van der Waals surface area contributed by atoms with Crippen LogP contribution in [-0.4, -0.2) is 33.0 Å². The van der Waals surface area contributed by atoms with E-state index in [1.54, 1.807) is 25.3 Å². The minimum Gasteiger partial charge on any atom is -0.360 e. The standard InChI is InChI=1S/C18H16F2N4O3S2/c1-9-5-15(24-27-9)22-17(26)10(2)28-8-16(25)23-18-21-14(7-29-18)11-3-4-12(19)13(20)6-11/h3-7,10H,8H2,1-2H3,(H,21,23,25)(H,22,24,26). The van der Waals surface area contributed by atoms with Crippen molar-refractivity contribution < 1.29 is 22.9 Å². The molecule has 0 spiro atoms. The number of halogens is 2. The molecule has 0 radical (unpaired) electrons. The molecule has 0 saturated carbocycles. The molecule has 3 rings (SSSR count). The fourth-order valence-corrected chi connectivity index (χ4v) is 3.62. The molecule has 0 bridgehead atoms. The molecule has 1 aromatic carbocycles. The van der Waals surface area contributed by atoms with Gasteiger partial charge in [0.25, 0.3) is 0 Å². The van der Waals surface area contributed by atoms with Crippen LogP contribution in [0.1, 0.15) is 12.7 Å². The Hall–Kier alpha value is -2.79. The number of aryl methyl sites for hydroxylation is 1. The number of carbonyl (C=O) groups is 2. The van der Waals surface area contributed by atoms with Gasteiger partial charge in [0, 0.05) is 17.0 Å². The third-order valence-electron chi connectivity index (χ3n) is 3.68. The lowest BCUT2D eigenvalue weighted by atomic mass is 10.2. The molecule has 2 N–H and O–H groups in total. The molecule has 0 aliphatic rings. The number of hydrogen-bond donors (Lipinski definition) is 2. The summed E-state index contributed by atoms with van der Waals surface area (Å²) in [5, 5.41) is 10.4. The van der Waals surface area contributed by atoms with Gasteiger partial charge in [-0.15, -0.1) is 23.1 Å².